The maximum atomic E-state index is 5.42. The third-order valence-electron chi connectivity index (χ3n) is 1.83. The molecule has 4 heteroatoms. The molecule has 0 radical (unpaired) electrons. The largest absolute Gasteiger partial charge is 0.385 e. The lowest BCUT2D eigenvalue weighted by molar-refractivity contribution is 0.189. The van der Waals surface area contributed by atoms with Crippen LogP contribution in [-0.4, -0.2) is 30.0 Å². The summed E-state index contributed by atoms with van der Waals surface area (Å²) in [6, 6.07) is 2.01. The molecule has 74 valence electrons. The third-order valence-corrected chi connectivity index (χ3v) is 1.83. The fraction of sp³-hybridized carbons (Fsp3) is 0.667. The summed E-state index contributed by atoms with van der Waals surface area (Å²) in [7, 11) is 1.71. The maximum Gasteiger partial charge on any atom is 0.0637 e. The van der Waals surface area contributed by atoms with Crippen LogP contribution in [0.5, 0.6) is 0 Å². The molecule has 0 fully saturated rings. The number of rotatable bonds is 6. The van der Waals surface area contributed by atoms with Crippen LogP contribution < -0.4 is 5.73 Å². The second-order valence-electron chi connectivity index (χ2n) is 2.96. The lowest BCUT2D eigenvalue weighted by Crippen LogP contribution is -2.06. The van der Waals surface area contributed by atoms with Gasteiger partial charge in [0.2, 0.25) is 0 Å². The molecule has 0 aliphatic carbocycles. The number of hydrogen-bond acceptors (Lipinski definition) is 3. The normalized spacial score (nSPS) is 10.6. The minimum Gasteiger partial charge on any atom is -0.385 e. The summed E-state index contributed by atoms with van der Waals surface area (Å²) in [6.07, 6.45) is 3.85. The molecule has 0 unspecified atom stereocenters. The number of nitrogens with two attached hydrogens (primary N) is 1. The minimum absolute atomic E-state index is 0.662. The first-order chi connectivity index (χ1) is 6.36. The number of methoxy groups -OCH3 is 1. The molecule has 0 spiro atoms. The van der Waals surface area contributed by atoms with Gasteiger partial charge in [-0.25, -0.2) is 0 Å². The van der Waals surface area contributed by atoms with E-state index in [-0.39, 0.29) is 0 Å². The molecule has 13 heavy (non-hydrogen) atoms. The highest BCUT2D eigenvalue weighted by Gasteiger charge is 1.96. The monoisotopic (exact) mass is 183 g/mol. The van der Waals surface area contributed by atoms with Gasteiger partial charge in [-0.3, -0.25) is 4.68 Å². The van der Waals surface area contributed by atoms with E-state index in [0.29, 0.717) is 6.54 Å². The van der Waals surface area contributed by atoms with Crippen molar-refractivity contribution in [3.8, 4) is 0 Å². The Hall–Kier alpha value is -0.870. The molecule has 1 aromatic heterocycles. The van der Waals surface area contributed by atoms with Crippen molar-refractivity contribution >= 4 is 0 Å². The maximum absolute atomic E-state index is 5.42. The molecule has 0 aliphatic rings. The van der Waals surface area contributed by atoms with Gasteiger partial charge in [0.05, 0.1) is 5.69 Å². The topological polar surface area (TPSA) is 53.1 Å². The molecule has 0 saturated heterocycles. The Kier molecular flexibility index (Phi) is 4.49. The van der Waals surface area contributed by atoms with Gasteiger partial charge in [0.25, 0.3) is 0 Å². The number of aromatic nitrogens is 2. The number of nitrogens with zero attached hydrogens (tertiary/aromatic N) is 2. The molecule has 0 aliphatic heterocycles. The van der Waals surface area contributed by atoms with Crippen LogP contribution in [0.25, 0.3) is 0 Å². The minimum atomic E-state index is 0.662. The van der Waals surface area contributed by atoms with Crippen molar-refractivity contribution in [2.75, 3.05) is 20.3 Å². The zero-order chi connectivity index (χ0) is 9.52. The van der Waals surface area contributed by atoms with E-state index in [9.17, 15) is 0 Å². The molecule has 0 atom stereocenters. The van der Waals surface area contributed by atoms with E-state index in [0.717, 1.165) is 31.7 Å². The third kappa shape index (κ3) is 3.57. The van der Waals surface area contributed by atoms with Crippen molar-refractivity contribution in [2.45, 2.75) is 19.4 Å². The summed E-state index contributed by atoms with van der Waals surface area (Å²) in [4.78, 5) is 0. The smallest absolute Gasteiger partial charge is 0.0637 e. The van der Waals surface area contributed by atoms with Gasteiger partial charge in [0.15, 0.2) is 0 Å². The molecular weight excluding hydrogens is 166 g/mol. The summed E-state index contributed by atoms with van der Waals surface area (Å²) < 4.78 is 6.89. The lowest BCUT2D eigenvalue weighted by Gasteiger charge is -1.99. The van der Waals surface area contributed by atoms with Crippen molar-refractivity contribution in [3.63, 3.8) is 0 Å². The van der Waals surface area contributed by atoms with Gasteiger partial charge in [-0.1, -0.05) is 0 Å². The van der Waals surface area contributed by atoms with Crippen molar-refractivity contribution in [3.05, 3.63) is 18.0 Å². The first kappa shape index (κ1) is 10.2. The Morgan fingerprint density at radius 3 is 3.15 bits per heavy atom. The predicted octanol–water partition coefficient (Wildman–Crippen LogP) is 0.421. The van der Waals surface area contributed by atoms with E-state index in [1.165, 1.54) is 0 Å². The Balaban J connectivity index is 2.31. The molecule has 0 aromatic carbocycles. The van der Waals surface area contributed by atoms with E-state index in [1.807, 2.05) is 16.9 Å². The molecule has 1 aromatic rings. The molecule has 2 N–H and O–H groups in total. The number of hydrogen-bond donors (Lipinski definition) is 1. The van der Waals surface area contributed by atoms with Crippen molar-refractivity contribution in [1.82, 2.24) is 9.78 Å². The Bertz CT molecular complexity index is 235. The lowest BCUT2D eigenvalue weighted by atomic mass is 10.3. The van der Waals surface area contributed by atoms with E-state index in [4.69, 9.17) is 10.5 Å². The number of aryl methyl sites for hydroxylation is 1. The predicted molar refractivity (Wildman–Crippen MR) is 51.5 cm³/mol. The quantitative estimate of drug-likeness (QED) is 0.650. The highest BCUT2D eigenvalue weighted by Crippen LogP contribution is 1.97. The van der Waals surface area contributed by atoms with Gasteiger partial charge < -0.3 is 10.5 Å². The standard InChI is InChI=1S/C9H17N3O/c1-13-8-2-6-12-7-4-9(11-12)3-5-10/h4,7H,2-3,5-6,8,10H2,1H3. The molecule has 1 heterocycles. The van der Waals surface area contributed by atoms with E-state index >= 15 is 0 Å². The van der Waals surface area contributed by atoms with Gasteiger partial charge in [0, 0.05) is 32.9 Å². The fourth-order valence-electron chi connectivity index (χ4n) is 1.18. The van der Waals surface area contributed by atoms with Gasteiger partial charge in [-0.05, 0) is 19.0 Å². The van der Waals surface area contributed by atoms with Crippen LogP contribution >= 0.6 is 0 Å². The van der Waals surface area contributed by atoms with Crippen LogP contribution in [0, 0.1) is 0 Å². The van der Waals surface area contributed by atoms with E-state index in [1.54, 1.807) is 7.11 Å². The summed E-state index contributed by atoms with van der Waals surface area (Å²) in [6.45, 7) is 2.36. The van der Waals surface area contributed by atoms with Gasteiger partial charge in [-0.15, -0.1) is 0 Å². The zero-order valence-corrected chi connectivity index (χ0v) is 8.07. The van der Waals surface area contributed by atoms with Gasteiger partial charge >= 0.3 is 0 Å². The number of ether oxygens (including phenoxy) is 1. The highest BCUT2D eigenvalue weighted by molar-refractivity contribution is 4.99. The van der Waals surface area contributed by atoms with Crippen LogP contribution in [0.3, 0.4) is 0 Å². The summed E-state index contributed by atoms with van der Waals surface area (Å²) in [5.41, 5.74) is 6.49. The van der Waals surface area contributed by atoms with Crippen LogP contribution in [0.15, 0.2) is 12.3 Å². The van der Waals surface area contributed by atoms with Crippen molar-refractivity contribution < 1.29 is 4.74 Å². The first-order valence-corrected chi connectivity index (χ1v) is 4.58. The molecule has 4 nitrogen and oxygen atoms in total. The van der Waals surface area contributed by atoms with E-state index in [2.05, 4.69) is 5.10 Å². The zero-order valence-electron chi connectivity index (χ0n) is 8.07. The van der Waals surface area contributed by atoms with E-state index < -0.39 is 0 Å². The molecule has 0 bridgehead atoms. The fourth-order valence-corrected chi connectivity index (χ4v) is 1.18. The molecule has 1 rings (SSSR count). The highest BCUT2D eigenvalue weighted by atomic mass is 16.5. The molecule has 0 saturated carbocycles. The Morgan fingerprint density at radius 1 is 1.62 bits per heavy atom. The summed E-state index contributed by atoms with van der Waals surface area (Å²) >= 11 is 0. The SMILES string of the molecule is COCCCn1ccc(CCN)n1. The van der Waals surface area contributed by atoms with Crippen LogP contribution in [-0.2, 0) is 17.7 Å². The summed E-state index contributed by atoms with van der Waals surface area (Å²) in [5.74, 6) is 0. The van der Waals surface area contributed by atoms with Crippen LogP contribution in [0.2, 0.25) is 0 Å². The molecular formula is C9H17N3O. The Labute approximate surface area is 78.7 Å². The average molecular weight is 183 g/mol. The molecule has 0 amide bonds. The second-order valence-corrected chi connectivity index (χ2v) is 2.96. The second kappa shape index (κ2) is 5.72. The van der Waals surface area contributed by atoms with Crippen LogP contribution in [0.1, 0.15) is 12.1 Å². The van der Waals surface area contributed by atoms with Crippen LogP contribution in [0.4, 0.5) is 0 Å². The average Bonchev–Trinajstić information content (AvgIpc) is 2.54. The van der Waals surface area contributed by atoms with Crippen molar-refractivity contribution in [2.24, 2.45) is 5.73 Å². The van der Waals surface area contributed by atoms with Gasteiger partial charge in [0.1, 0.15) is 0 Å². The Morgan fingerprint density at radius 2 is 2.46 bits per heavy atom. The summed E-state index contributed by atoms with van der Waals surface area (Å²) in [5, 5.41) is 4.35. The van der Waals surface area contributed by atoms with Crippen molar-refractivity contribution in [1.29, 1.82) is 0 Å². The van der Waals surface area contributed by atoms with Gasteiger partial charge in [-0.2, -0.15) is 5.10 Å². The first-order valence-electron chi connectivity index (χ1n) is 4.58.